The van der Waals surface area contributed by atoms with Gasteiger partial charge in [0.15, 0.2) is 5.82 Å². The molecule has 0 saturated heterocycles. The third kappa shape index (κ3) is 7.06. The molecule has 5 N–H and O–H groups in total. The van der Waals surface area contributed by atoms with Gasteiger partial charge in [-0.1, -0.05) is 18.2 Å². The zero-order valence-electron chi connectivity index (χ0n) is 25.8. The summed E-state index contributed by atoms with van der Waals surface area (Å²) in [6.07, 6.45) is 2.88. The van der Waals surface area contributed by atoms with Crippen molar-refractivity contribution in [3.8, 4) is 5.69 Å². The molecule has 15 nitrogen and oxygen atoms in total. The van der Waals surface area contributed by atoms with Crippen LogP contribution in [0.2, 0.25) is 0 Å². The Morgan fingerprint density at radius 1 is 0.688 bits per heavy atom. The van der Waals surface area contributed by atoms with E-state index in [-0.39, 0.29) is 21.8 Å². The highest BCUT2D eigenvalue weighted by atomic mass is 32.2. The molecular formula is C31H30N10O5S2. The smallest absolute Gasteiger partial charge is 0.309 e. The molecule has 6 rings (SSSR count). The molecule has 0 fully saturated rings. The number of para-hydroxylation sites is 1. The number of hydrogen-bond acceptors (Lipinski definition) is 12. The lowest BCUT2D eigenvalue weighted by Gasteiger charge is -2.13. The molecule has 3 heterocycles. The third-order valence-corrected chi connectivity index (χ3v) is 9.76. The molecule has 246 valence electrons. The van der Waals surface area contributed by atoms with Gasteiger partial charge < -0.3 is 15.2 Å². The molecule has 0 amide bonds. The predicted octanol–water partition coefficient (Wildman–Crippen LogP) is 5.36. The number of hydrazine groups is 1. The number of rotatable bonds is 12. The summed E-state index contributed by atoms with van der Waals surface area (Å²) in [5, 5.41) is 8.06. The van der Waals surface area contributed by atoms with Crippen LogP contribution in [0.25, 0.3) is 5.69 Å². The maximum atomic E-state index is 13.0. The lowest BCUT2D eigenvalue weighted by Crippen LogP contribution is -2.15. The van der Waals surface area contributed by atoms with Gasteiger partial charge in [-0.2, -0.15) is 4.98 Å². The molecular weight excluding hydrogens is 657 g/mol. The van der Waals surface area contributed by atoms with Crippen molar-refractivity contribution in [2.75, 3.05) is 25.6 Å². The summed E-state index contributed by atoms with van der Waals surface area (Å²) >= 11 is 0. The zero-order valence-corrected chi connectivity index (χ0v) is 27.5. The second-order valence-electron chi connectivity index (χ2n) is 10.4. The first-order valence-electron chi connectivity index (χ1n) is 14.4. The first-order valence-corrected chi connectivity index (χ1v) is 17.4. The molecule has 0 unspecified atom stereocenters. The summed E-state index contributed by atoms with van der Waals surface area (Å²) in [4.78, 5) is 11.9. The van der Waals surface area contributed by atoms with Crippen LogP contribution in [0.3, 0.4) is 0 Å². The molecule has 0 aliphatic heterocycles. The van der Waals surface area contributed by atoms with Gasteiger partial charge in [0, 0.05) is 18.1 Å². The van der Waals surface area contributed by atoms with Crippen molar-refractivity contribution in [3.63, 3.8) is 0 Å². The number of benzene rings is 3. The average molecular weight is 687 g/mol. The summed E-state index contributed by atoms with van der Waals surface area (Å²) in [5.41, 5.74) is 10.1. The van der Waals surface area contributed by atoms with Crippen molar-refractivity contribution in [3.05, 3.63) is 114 Å². The summed E-state index contributed by atoms with van der Waals surface area (Å²) in [5.74, 6) is 0.967. The molecule has 6 aromatic rings. The number of hydrogen-bond donors (Lipinski definition) is 5. The highest BCUT2D eigenvalue weighted by Crippen LogP contribution is 2.31. The molecule has 3 aromatic carbocycles. The van der Waals surface area contributed by atoms with E-state index in [1.54, 1.807) is 48.9 Å². The van der Waals surface area contributed by atoms with Crippen LogP contribution in [-0.2, 0) is 20.0 Å². The van der Waals surface area contributed by atoms with Gasteiger partial charge in [0.25, 0.3) is 20.0 Å². The zero-order chi connectivity index (χ0) is 33.9. The van der Waals surface area contributed by atoms with Crippen LogP contribution in [0, 0.1) is 20.8 Å². The number of anilines is 6. The summed E-state index contributed by atoms with van der Waals surface area (Å²) in [6.45, 7) is 5.27. The third-order valence-electron chi connectivity index (χ3n) is 7.08. The second-order valence-corrected chi connectivity index (χ2v) is 13.8. The van der Waals surface area contributed by atoms with E-state index in [9.17, 15) is 16.8 Å². The lowest BCUT2D eigenvalue weighted by molar-refractivity contribution is 0.541. The minimum absolute atomic E-state index is 0.0178. The molecule has 0 aliphatic rings. The Bertz CT molecular complexity index is 2240. The average Bonchev–Trinajstić information content (AvgIpc) is 3.56. The highest BCUT2D eigenvalue weighted by molar-refractivity contribution is 7.93. The minimum atomic E-state index is -3.96. The van der Waals surface area contributed by atoms with Crippen LogP contribution >= 0.6 is 0 Å². The van der Waals surface area contributed by atoms with Crippen molar-refractivity contribution in [1.29, 1.82) is 0 Å². The fourth-order valence-corrected chi connectivity index (χ4v) is 6.38. The second kappa shape index (κ2) is 13.0. The highest BCUT2D eigenvalue weighted by Gasteiger charge is 2.21. The van der Waals surface area contributed by atoms with Crippen molar-refractivity contribution < 1.29 is 21.3 Å². The predicted molar refractivity (Wildman–Crippen MR) is 181 cm³/mol. The van der Waals surface area contributed by atoms with Crippen LogP contribution in [-0.4, -0.2) is 41.6 Å². The van der Waals surface area contributed by atoms with Gasteiger partial charge in [-0.3, -0.25) is 5.43 Å². The minimum Gasteiger partial charge on any atom is -0.428 e. The normalized spacial score (nSPS) is 11.6. The summed E-state index contributed by atoms with van der Waals surface area (Å²) in [7, 11) is -7.85. The molecule has 0 aliphatic carbocycles. The van der Waals surface area contributed by atoms with Crippen LogP contribution in [0.4, 0.5) is 34.8 Å². The number of nitrogens with zero attached hydrogens (tertiary/aromatic N) is 5. The van der Waals surface area contributed by atoms with E-state index in [1.165, 1.54) is 36.7 Å². The van der Waals surface area contributed by atoms with Crippen LogP contribution < -0.4 is 25.6 Å². The fourth-order valence-electron chi connectivity index (χ4n) is 4.49. The van der Waals surface area contributed by atoms with Crippen molar-refractivity contribution in [2.45, 2.75) is 30.6 Å². The monoisotopic (exact) mass is 686 g/mol. The van der Waals surface area contributed by atoms with Gasteiger partial charge in [0.2, 0.25) is 5.95 Å². The van der Waals surface area contributed by atoms with E-state index in [0.717, 1.165) is 5.69 Å². The maximum absolute atomic E-state index is 13.0. The van der Waals surface area contributed by atoms with Crippen molar-refractivity contribution in [2.24, 2.45) is 0 Å². The molecule has 3 aromatic heterocycles. The number of aryl methyl sites for hydroxylation is 2. The number of nitrogens with one attached hydrogen (secondary N) is 5. The first-order chi connectivity index (χ1) is 23.0. The van der Waals surface area contributed by atoms with Gasteiger partial charge in [-0.05, 0) is 87.5 Å². The molecule has 0 bridgehead atoms. The maximum Gasteiger partial charge on any atom is 0.309 e. The molecule has 0 radical (unpaired) electrons. The van der Waals surface area contributed by atoms with E-state index in [4.69, 9.17) is 9.52 Å². The Balaban J connectivity index is 1.23. The first kappa shape index (κ1) is 32.0. The topological polar surface area (TPSA) is 198 Å². The largest absolute Gasteiger partial charge is 0.428 e. The van der Waals surface area contributed by atoms with Gasteiger partial charge in [0.05, 0.1) is 32.6 Å². The molecule has 0 atom stereocenters. The number of sulfonamides is 2. The van der Waals surface area contributed by atoms with Crippen LogP contribution in [0.1, 0.15) is 17.1 Å². The van der Waals surface area contributed by atoms with Crippen LogP contribution in [0.5, 0.6) is 0 Å². The number of oxazole rings is 1. The van der Waals surface area contributed by atoms with Crippen molar-refractivity contribution >= 4 is 54.9 Å². The van der Waals surface area contributed by atoms with Gasteiger partial charge >= 0.3 is 6.01 Å². The Kier molecular flexibility index (Phi) is 8.70. The lowest BCUT2D eigenvalue weighted by atomic mass is 10.3. The quantitative estimate of drug-likeness (QED) is 0.104. The number of aromatic nitrogens is 5. The van der Waals surface area contributed by atoms with Gasteiger partial charge in [-0.15, -0.1) is 5.10 Å². The van der Waals surface area contributed by atoms with E-state index < -0.39 is 20.0 Å². The Labute approximate surface area is 276 Å². The molecule has 17 heteroatoms. The Morgan fingerprint density at radius 2 is 1.31 bits per heavy atom. The molecule has 0 saturated carbocycles. The molecule has 48 heavy (non-hydrogen) atoms. The molecule has 0 spiro atoms. The van der Waals surface area contributed by atoms with E-state index in [1.807, 2.05) is 37.3 Å². The standard InChI is InChI=1S/C31H30N10O5S2/c1-20-22(3)46-31(34-20)40-48(44,45)27-16-12-25(13-17-27)41-21(2)28(29(38-41)35-23-8-5-4-6-9-23)37-36-24-10-14-26(15-11-24)47(42,43)39-30-32-18-7-19-33-30/h4-19,36-37H,1-3H3,(H,34,40)(H,35,38)(H,32,33,39). The van der Waals surface area contributed by atoms with Gasteiger partial charge in [0.1, 0.15) is 11.4 Å². The summed E-state index contributed by atoms with van der Waals surface area (Å²) < 4.78 is 63.2. The van der Waals surface area contributed by atoms with Crippen molar-refractivity contribution in [1.82, 2.24) is 24.7 Å². The summed E-state index contributed by atoms with van der Waals surface area (Å²) in [6, 6.07) is 23.2. The van der Waals surface area contributed by atoms with E-state index in [0.29, 0.717) is 40.0 Å². The van der Waals surface area contributed by atoms with E-state index >= 15 is 0 Å². The van der Waals surface area contributed by atoms with E-state index in [2.05, 4.69) is 40.6 Å². The SMILES string of the molecule is Cc1nc(NS(=O)(=O)c2ccc(-n3nc(Nc4ccccc4)c(NNc4ccc(S(=O)(=O)Nc5ncccn5)cc4)c3C)cc2)oc1C. The Hall–Kier alpha value is -5.94. The fraction of sp³-hybridized carbons (Fsp3) is 0.0968. The van der Waals surface area contributed by atoms with Gasteiger partial charge in [-0.25, -0.2) is 40.9 Å². The van der Waals surface area contributed by atoms with Crippen LogP contribution in [0.15, 0.2) is 112 Å². The Morgan fingerprint density at radius 3 is 1.94 bits per heavy atom.